The van der Waals surface area contributed by atoms with E-state index in [9.17, 15) is 4.79 Å². The summed E-state index contributed by atoms with van der Waals surface area (Å²) < 4.78 is 0. The van der Waals surface area contributed by atoms with Crippen LogP contribution in [-0.2, 0) is 4.79 Å². The molecule has 0 radical (unpaired) electrons. The first kappa shape index (κ1) is 13.4. The van der Waals surface area contributed by atoms with E-state index in [-0.39, 0.29) is 11.3 Å². The summed E-state index contributed by atoms with van der Waals surface area (Å²) in [7, 11) is 1.81. The molecule has 1 amide bonds. The molecule has 0 aromatic carbocycles. The molecule has 0 fully saturated rings. The van der Waals surface area contributed by atoms with Crippen molar-refractivity contribution in [1.29, 1.82) is 0 Å². The Morgan fingerprint density at radius 1 is 1.21 bits per heavy atom. The van der Waals surface area contributed by atoms with E-state index < -0.39 is 5.54 Å². The Balaban J connectivity index is 4.11. The highest BCUT2D eigenvalue weighted by Gasteiger charge is 2.26. The van der Waals surface area contributed by atoms with Gasteiger partial charge in [-0.25, -0.2) is 0 Å². The topological polar surface area (TPSA) is 46.3 Å². The first-order chi connectivity index (χ1) is 6.04. The summed E-state index contributed by atoms with van der Waals surface area (Å²) in [5.74, 6) is 0.00162. The molecule has 0 atom stereocenters. The van der Waals surface area contributed by atoms with Crippen LogP contribution in [0.15, 0.2) is 0 Å². The smallest absolute Gasteiger partial charge is 0.241 e. The molecule has 0 aliphatic heterocycles. The molecule has 0 bridgehead atoms. The van der Waals surface area contributed by atoms with Gasteiger partial charge in [0.15, 0.2) is 0 Å². The van der Waals surface area contributed by atoms with E-state index >= 15 is 0 Å². The van der Waals surface area contributed by atoms with Crippen molar-refractivity contribution in [2.45, 2.75) is 46.6 Å². The van der Waals surface area contributed by atoms with Crippen LogP contribution in [-0.4, -0.2) is 29.9 Å². The van der Waals surface area contributed by atoms with E-state index in [0.717, 1.165) is 13.0 Å². The minimum Gasteiger partial charge on any atom is -0.344 e. The van der Waals surface area contributed by atoms with Crippen molar-refractivity contribution >= 4 is 5.91 Å². The Kier molecular flexibility index (Phi) is 4.13. The number of nitrogens with two attached hydrogens (primary N) is 1. The second kappa shape index (κ2) is 4.30. The average Bonchev–Trinajstić information content (AvgIpc) is 1.95. The lowest BCUT2D eigenvalue weighted by Crippen LogP contribution is -2.50. The zero-order chi connectivity index (χ0) is 11.6. The number of hydrogen-bond donors (Lipinski definition) is 1. The average molecular weight is 200 g/mol. The number of likely N-dealkylation sites (N-methyl/N-ethyl adjacent to an activating group) is 1. The highest BCUT2D eigenvalue weighted by Crippen LogP contribution is 2.18. The fourth-order valence-corrected chi connectivity index (χ4v) is 1.10. The molecule has 0 aromatic heterocycles. The molecule has 0 rings (SSSR count). The number of hydrogen-bond acceptors (Lipinski definition) is 2. The fourth-order valence-electron chi connectivity index (χ4n) is 1.10. The van der Waals surface area contributed by atoms with Crippen molar-refractivity contribution < 1.29 is 4.79 Å². The normalized spacial score (nSPS) is 12.8. The van der Waals surface area contributed by atoms with Crippen molar-refractivity contribution in [3.63, 3.8) is 0 Å². The van der Waals surface area contributed by atoms with Gasteiger partial charge in [-0.1, -0.05) is 20.8 Å². The number of amides is 1. The zero-order valence-electron chi connectivity index (χ0n) is 10.3. The summed E-state index contributed by atoms with van der Waals surface area (Å²) in [5.41, 5.74) is 5.23. The lowest BCUT2D eigenvalue weighted by molar-refractivity contribution is -0.134. The number of nitrogens with zero attached hydrogens (tertiary/aromatic N) is 1. The minimum absolute atomic E-state index is 0.00162. The molecule has 84 valence electrons. The number of carbonyl (C=O) groups is 1. The molecule has 0 spiro atoms. The maximum atomic E-state index is 11.7. The van der Waals surface area contributed by atoms with Gasteiger partial charge in [-0.05, 0) is 25.7 Å². The molecular formula is C11H24N2O. The quantitative estimate of drug-likeness (QED) is 0.752. The van der Waals surface area contributed by atoms with Crippen LogP contribution in [0.3, 0.4) is 0 Å². The molecule has 2 N–H and O–H groups in total. The minimum atomic E-state index is -0.757. The molecule has 0 aliphatic rings. The fraction of sp³-hybridized carbons (Fsp3) is 0.909. The maximum Gasteiger partial charge on any atom is 0.241 e. The Morgan fingerprint density at radius 2 is 1.64 bits per heavy atom. The zero-order valence-corrected chi connectivity index (χ0v) is 10.3. The van der Waals surface area contributed by atoms with Gasteiger partial charge in [-0.15, -0.1) is 0 Å². The van der Waals surface area contributed by atoms with E-state index in [1.54, 1.807) is 18.7 Å². The predicted molar refractivity (Wildman–Crippen MR) is 60.0 cm³/mol. The van der Waals surface area contributed by atoms with Crippen LogP contribution in [0, 0.1) is 5.41 Å². The summed E-state index contributed by atoms with van der Waals surface area (Å²) in [6, 6.07) is 0. The summed E-state index contributed by atoms with van der Waals surface area (Å²) in [5, 5.41) is 0. The second-order valence-electron chi connectivity index (χ2n) is 5.76. The van der Waals surface area contributed by atoms with Crippen LogP contribution in [0.2, 0.25) is 0 Å². The monoisotopic (exact) mass is 200 g/mol. The Labute approximate surface area is 87.6 Å². The molecule has 0 saturated heterocycles. The second-order valence-corrected chi connectivity index (χ2v) is 5.76. The van der Waals surface area contributed by atoms with Crippen LogP contribution in [0.4, 0.5) is 0 Å². The third-order valence-corrected chi connectivity index (χ3v) is 2.10. The van der Waals surface area contributed by atoms with Crippen LogP contribution in [0.1, 0.15) is 41.0 Å². The van der Waals surface area contributed by atoms with Crippen molar-refractivity contribution in [2.24, 2.45) is 11.1 Å². The molecule has 3 nitrogen and oxygen atoms in total. The summed E-state index contributed by atoms with van der Waals surface area (Å²) >= 11 is 0. The van der Waals surface area contributed by atoms with Crippen molar-refractivity contribution in [3.8, 4) is 0 Å². The molecule has 0 saturated carbocycles. The predicted octanol–water partition coefficient (Wildman–Crippen LogP) is 1.62. The third-order valence-electron chi connectivity index (χ3n) is 2.10. The van der Waals surface area contributed by atoms with Crippen LogP contribution in [0.5, 0.6) is 0 Å². The summed E-state index contributed by atoms with van der Waals surface area (Å²) in [4.78, 5) is 13.4. The van der Waals surface area contributed by atoms with E-state index in [2.05, 4.69) is 20.8 Å². The highest BCUT2D eigenvalue weighted by molar-refractivity contribution is 5.84. The van der Waals surface area contributed by atoms with Gasteiger partial charge in [-0.3, -0.25) is 4.79 Å². The van der Waals surface area contributed by atoms with E-state index in [4.69, 9.17) is 5.73 Å². The van der Waals surface area contributed by atoms with Gasteiger partial charge in [0.25, 0.3) is 0 Å². The first-order valence-corrected chi connectivity index (χ1v) is 5.08. The Morgan fingerprint density at radius 3 is 1.93 bits per heavy atom. The third kappa shape index (κ3) is 5.22. The Bertz CT molecular complexity index is 198. The van der Waals surface area contributed by atoms with Crippen molar-refractivity contribution in [3.05, 3.63) is 0 Å². The summed E-state index contributed by atoms with van der Waals surface area (Å²) in [6.45, 7) is 10.7. The molecule has 0 heterocycles. The SMILES string of the molecule is CN(CCC(C)(C)C)C(=O)C(C)(C)N. The van der Waals surface area contributed by atoms with Crippen LogP contribution < -0.4 is 5.73 Å². The van der Waals surface area contributed by atoms with Gasteiger partial charge < -0.3 is 10.6 Å². The van der Waals surface area contributed by atoms with E-state index in [1.807, 2.05) is 7.05 Å². The highest BCUT2D eigenvalue weighted by atomic mass is 16.2. The van der Waals surface area contributed by atoms with E-state index in [0.29, 0.717) is 0 Å². The Hall–Kier alpha value is -0.570. The molecule has 0 aromatic rings. The molecule has 0 unspecified atom stereocenters. The van der Waals surface area contributed by atoms with Crippen molar-refractivity contribution in [2.75, 3.05) is 13.6 Å². The largest absolute Gasteiger partial charge is 0.344 e. The van der Waals surface area contributed by atoms with Gasteiger partial charge in [0.1, 0.15) is 0 Å². The molecular weight excluding hydrogens is 176 g/mol. The summed E-state index contributed by atoms with van der Waals surface area (Å²) in [6.07, 6.45) is 0.991. The molecule has 3 heteroatoms. The standard InChI is InChI=1S/C11H24N2O/c1-10(2,3)7-8-13(6)9(14)11(4,5)12/h7-8,12H2,1-6H3. The van der Waals surface area contributed by atoms with Gasteiger partial charge in [0.2, 0.25) is 5.91 Å². The van der Waals surface area contributed by atoms with Crippen LogP contribution >= 0.6 is 0 Å². The van der Waals surface area contributed by atoms with Crippen molar-refractivity contribution in [1.82, 2.24) is 4.90 Å². The van der Waals surface area contributed by atoms with Gasteiger partial charge >= 0.3 is 0 Å². The van der Waals surface area contributed by atoms with Gasteiger partial charge in [-0.2, -0.15) is 0 Å². The lowest BCUT2D eigenvalue weighted by atomic mass is 9.92. The number of carbonyl (C=O) groups excluding carboxylic acids is 1. The molecule has 14 heavy (non-hydrogen) atoms. The van der Waals surface area contributed by atoms with E-state index in [1.165, 1.54) is 0 Å². The first-order valence-electron chi connectivity index (χ1n) is 5.08. The lowest BCUT2D eigenvalue weighted by Gasteiger charge is -2.28. The van der Waals surface area contributed by atoms with Crippen LogP contribution in [0.25, 0.3) is 0 Å². The van der Waals surface area contributed by atoms with Gasteiger partial charge in [0, 0.05) is 13.6 Å². The van der Waals surface area contributed by atoms with Gasteiger partial charge in [0.05, 0.1) is 5.54 Å². The number of rotatable bonds is 3. The maximum absolute atomic E-state index is 11.7. The molecule has 0 aliphatic carbocycles.